The van der Waals surface area contributed by atoms with E-state index in [1.54, 1.807) is 11.3 Å². The molecule has 2 aromatic rings. The molecule has 2 unspecified atom stereocenters. The molecule has 1 saturated heterocycles. The highest BCUT2D eigenvalue weighted by Gasteiger charge is 2.35. The number of nitrogens with zero attached hydrogens (tertiary/aromatic N) is 2. The van der Waals surface area contributed by atoms with Gasteiger partial charge >= 0.3 is 0 Å². The van der Waals surface area contributed by atoms with Gasteiger partial charge in [0.15, 0.2) is 5.96 Å². The van der Waals surface area contributed by atoms with Crippen molar-refractivity contribution >= 4 is 17.3 Å². The Hall–Kier alpha value is -1.92. The van der Waals surface area contributed by atoms with Crippen LogP contribution in [0.3, 0.4) is 0 Å². The normalized spacial score (nSPS) is 20.5. The monoisotopic (exact) mass is 414 g/mol. The van der Waals surface area contributed by atoms with Gasteiger partial charge in [0.2, 0.25) is 0 Å². The summed E-state index contributed by atoms with van der Waals surface area (Å²) in [6, 6.07) is 10.3. The lowest BCUT2D eigenvalue weighted by atomic mass is 9.78. The standard InChI is InChI=1S/C23H34N4OS/c1-23(2,3)20-18(11-8-14-28-20)15-26-22(24-4)25-13-12-19-16-29-21(27-19)17-9-6-5-7-10-17/h5-7,9-10,16,18,20H,8,11-15H2,1-4H3,(H2,24,25,26). The zero-order valence-corrected chi connectivity index (χ0v) is 18.9. The second-order valence-corrected chi connectivity index (χ2v) is 9.56. The molecule has 3 rings (SSSR count). The third kappa shape index (κ3) is 6.28. The van der Waals surface area contributed by atoms with E-state index in [-0.39, 0.29) is 11.5 Å². The van der Waals surface area contributed by atoms with E-state index in [2.05, 4.69) is 66.0 Å². The van der Waals surface area contributed by atoms with Crippen molar-refractivity contribution in [2.45, 2.75) is 46.1 Å². The first-order valence-corrected chi connectivity index (χ1v) is 11.4. The van der Waals surface area contributed by atoms with Gasteiger partial charge in [-0.3, -0.25) is 4.99 Å². The van der Waals surface area contributed by atoms with Gasteiger partial charge in [-0.15, -0.1) is 11.3 Å². The third-order valence-corrected chi connectivity index (χ3v) is 6.24. The van der Waals surface area contributed by atoms with Crippen molar-refractivity contribution in [1.82, 2.24) is 15.6 Å². The van der Waals surface area contributed by atoms with Gasteiger partial charge in [0, 0.05) is 50.0 Å². The maximum Gasteiger partial charge on any atom is 0.191 e. The highest BCUT2D eigenvalue weighted by atomic mass is 32.1. The van der Waals surface area contributed by atoms with Gasteiger partial charge in [0.05, 0.1) is 11.8 Å². The van der Waals surface area contributed by atoms with Crippen LogP contribution in [0.25, 0.3) is 10.6 Å². The average molecular weight is 415 g/mol. The Kier molecular flexibility index (Phi) is 7.67. The summed E-state index contributed by atoms with van der Waals surface area (Å²) < 4.78 is 6.09. The summed E-state index contributed by atoms with van der Waals surface area (Å²) in [7, 11) is 1.82. The summed E-state index contributed by atoms with van der Waals surface area (Å²) in [5.41, 5.74) is 2.45. The van der Waals surface area contributed by atoms with E-state index in [0.29, 0.717) is 5.92 Å². The Balaban J connectivity index is 1.46. The maximum absolute atomic E-state index is 6.09. The van der Waals surface area contributed by atoms with Gasteiger partial charge in [-0.25, -0.2) is 4.98 Å². The molecule has 0 amide bonds. The van der Waals surface area contributed by atoms with Crippen molar-refractivity contribution in [3.63, 3.8) is 0 Å². The van der Waals surface area contributed by atoms with Crippen molar-refractivity contribution in [2.75, 3.05) is 26.7 Å². The molecule has 29 heavy (non-hydrogen) atoms. The minimum absolute atomic E-state index is 0.158. The quantitative estimate of drug-likeness (QED) is 0.545. The maximum atomic E-state index is 6.09. The molecule has 0 bridgehead atoms. The highest BCUT2D eigenvalue weighted by molar-refractivity contribution is 7.13. The first-order valence-electron chi connectivity index (χ1n) is 10.5. The molecular formula is C23H34N4OS. The molecule has 158 valence electrons. The predicted octanol–water partition coefficient (Wildman–Crippen LogP) is 4.36. The number of ether oxygens (including phenoxy) is 1. The third-order valence-electron chi connectivity index (χ3n) is 5.30. The van der Waals surface area contributed by atoms with E-state index in [9.17, 15) is 0 Å². The number of guanidine groups is 1. The molecule has 1 aliphatic rings. The van der Waals surface area contributed by atoms with Gasteiger partial charge in [-0.2, -0.15) is 0 Å². The number of aliphatic imine (C=N–C) groups is 1. The molecule has 1 aliphatic heterocycles. The number of aromatic nitrogens is 1. The Bertz CT molecular complexity index is 782. The molecule has 5 nitrogen and oxygen atoms in total. The fourth-order valence-electron chi connectivity index (χ4n) is 3.90. The molecule has 2 atom stereocenters. The first-order chi connectivity index (χ1) is 14.0. The van der Waals surface area contributed by atoms with Gasteiger partial charge < -0.3 is 15.4 Å². The topological polar surface area (TPSA) is 58.5 Å². The molecule has 2 heterocycles. The molecule has 0 spiro atoms. The van der Waals surface area contributed by atoms with E-state index in [1.165, 1.54) is 12.0 Å². The van der Waals surface area contributed by atoms with E-state index in [1.807, 2.05) is 13.1 Å². The number of nitrogens with one attached hydrogen (secondary N) is 2. The second kappa shape index (κ2) is 10.2. The van der Waals surface area contributed by atoms with Crippen molar-refractivity contribution in [1.29, 1.82) is 0 Å². The largest absolute Gasteiger partial charge is 0.377 e. The van der Waals surface area contributed by atoms with Crippen LogP contribution in [0.4, 0.5) is 0 Å². The van der Waals surface area contributed by atoms with E-state index in [0.717, 1.165) is 49.2 Å². The summed E-state index contributed by atoms with van der Waals surface area (Å²) in [6.07, 6.45) is 3.50. The Labute approximate surface area is 179 Å². The Morgan fingerprint density at radius 3 is 2.76 bits per heavy atom. The number of hydrogen-bond acceptors (Lipinski definition) is 4. The van der Waals surface area contributed by atoms with Gasteiger partial charge in [0.25, 0.3) is 0 Å². The van der Waals surface area contributed by atoms with Crippen LogP contribution in [0.1, 0.15) is 39.3 Å². The Morgan fingerprint density at radius 2 is 2.03 bits per heavy atom. The van der Waals surface area contributed by atoms with Crippen LogP contribution in [0, 0.1) is 11.3 Å². The van der Waals surface area contributed by atoms with Crippen molar-refractivity contribution in [2.24, 2.45) is 16.3 Å². The van der Waals surface area contributed by atoms with Crippen molar-refractivity contribution in [3.05, 3.63) is 41.4 Å². The zero-order valence-electron chi connectivity index (χ0n) is 18.1. The summed E-state index contributed by atoms with van der Waals surface area (Å²) >= 11 is 1.70. The molecule has 2 N–H and O–H groups in total. The van der Waals surface area contributed by atoms with E-state index >= 15 is 0 Å². The number of benzene rings is 1. The van der Waals surface area contributed by atoms with Gasteiger partial charge in [-0.1, -0.05) is 51.1 Å². The summed E-state index contributed by atoms with van der Waals surface area (Å²) in [5, 5.41) is 10.1. The van der Waals surface area contributed by atoms with Crippen LogP contribution < -0.4 is 10.6 Å². The van der Waals surface area contributed by atoms with Crippen LogP contribution in [0.2, 0.25) is 0 Å². The average Bonchev–Trinajstić information content (AvgIpc) is 3.19. The molecular weight excluding hydrogens is 380 g/mol. The van der Waals surface area contributed by atoms with Gasteiger partial charge in [0.1, 0.15) is 5.01 Å². The lowest BCUT2D eigenvalue weighted by Crippen LogP contribution is -2.47. The molecule has 1 fully saturated rings. The SMILES string of the molecule is CN=C(NCCc1csc(-c2ccccc2)n1)NCC1CCCOC1C(C)(C)C. The van der Waals surface area contributed by atoms with Crippen LogP contribution >= 0.6 is 11.3 Å². The van der Waals surface area contributed by atoms with E-state index < -0.39 is 0 Å². The van der Waals surface area contributed by atoms with Gasteiger partial charge in [-0.05, 0) is 18.3 Å². The Morgan fingerprint density at radius 1 is 1.24 bits per heavy atom. The van der Waals surface area contributed by atoms with E-state index in [4.69, 9.17) is 9.72 Å². The number of hydrogen-bond donors (Lipinski definition) is 2. The lowest BCUT2D eigenvalue weighted by molar-refractivity contribution is -0.0835. The molecule has 1 aromatic heterocycles. The minimum Gasteiger partial charge on any atom is -0.377 e. The molecule has 0 saturated carbocycles. The molecule has 0 radical (unpaired) electrons. The summed E-state index contributed by atoms with van der Waals surface area (Å²) in [6.45, 7) is 9.36. The second-order valence-electron chi connectivity index (χ2n) is 8.70. The first kappa shape index (κ1) is 21.8. The van der Waals surface area contributed by atoms with Crippen LogP contribution in [0.5, 0.6) is 0 Å². The zero-order chi connectivity index (χ0) is 20.7. The smallest absolute Gasteiger partial charge is 0.191 e. The fourth-order valence-corrected chi connectivity index (χ4v) is 4.76. The van der Waals surface area contributed by atoms with Crippen molar-refractivity contribution < 1.29 is 4.74 Å². The van der Waals surface area contributed by atoms with Crippen molar-refractivity contribution in [3.8, 4) is 10.6 Å². The number of rotatable bonds is 6. The molecule has 6 heteroatoms. The van der Waals surface area contributed by atoms with Crippen LogP contribution in [0.15, 0.2) is 40.7 Å². The van der Waals surface area contributed by atoms with Crippen LogP contribution in [-0.4, -0.2) is 43.8 Å². The minimum atomic E-state index is 0.158. The summed E-state index contributed by atoms with van der Waals surface area (Å²) in [5.74, 6) is 1.36. The highest BCUT2D eigenvalue weighted by Crippen LogP contribution is 2.33. The summed E-state index contributed by atoms with van der Waals surface area (Å²) in [4.78, 5) is 9.14. The molecule has 1 aromatic carbocycles. The molecule has 0 aliphatic carbocycles. The fraction of sp³-hybridized carbons (Fsp3) is 0.565. The lowest BCUT2D eigenvalue weighted by Gasteiger charge is -2.40. The number of thiazole rings is 1. The van der Waals surface area contributed by atoms with Crippen LogP contribution in [-0.2, 0) is 11.2 Å². The predicted molar refractivity (Wildman–Crippen MR) is 123 cm³/mol.